The second-order valence-corrected chi connectivity index (χ2v) is 6.08. The van der Waals surface area contributed by atoms with Crippen molar-refractivity contribution in [2.45, 2.75) is 45.1 Å². The van der Waals surface area contributed by atoms with Crippen molar-refractivity contribution >= 4 is 5.91 Å². The van der Waals surface area contributed by atoms with Crippen LogP contribution in [0.15, 0.2) is 24.3 Å². The van der Waals surface area contributed by atoms with Crippen LogP contribution in [0, 0.1) is 5.92 Å². The van der Waals surface area contributed by atoms with Gasteiger partial charge in [0.1, 0.15) is 12.4 Å². The minimum absolute atomic E-state index is 0.104. The highest BCUT2D eigenvalue weighted by atomic mass is 16.5. The van der Waals surface area contributed by atoms with E-state index in [0.29, 0.717) is 30.4 Å². The van der Waals surface area contributed by atoms with E-state index in [-0.39, 0.29) is 5.91 Å². The summed E-state index contributed by atoms with van der Waals surface area (Å²) in [6, 6.07) is 7.10. The van der Waals surface area contributed by atoms with Crippen LogP contribution in [-0.2, 0) is 0 Å². The Morgan fingerprint density at radius 3 is 2.81 bits per heavy atom. The molecule has 116 valence electrons. The highest BCUT2D eigenvalue weighted by Crippen LogP contribution is 2.32. The van der Waals surface area contributed by atoms with Crippen molar-refractivity contribution in [2.75, 3.05) is 13.2 Å². The molecular formula is C17H25NO3. The number of carbonyl (C=O) groups excluding carboxylic acids is 1. The molecule has 1 aliphatic carbocycles. The molecule has 4 heteroatoms. The van der Waals surface area contributed by atoms with E-state index < -0.39 is 5.60 Å². The van der Waals surface area contributed by atoms with Gasteiger partial charge in [-0.25, -0.2) is 0 Å². The maximum Gasteiger partial charge on any atom is 0.251 e. The first-order valence-electron chi connectivity index (χ1n) is 7.76. The number of carbonyl (C=O) groups is 1. The molecule has 0 radical (unpaired) electrons. The molecule has 0 aromatic heterocycles. The fourth-order valence-electron chi connectivity index (χ4n) is 2.65. The van der Waals surface area contributed by atoms with E-state index in [0.717, 1.165) is 25.7 Å². The predicted molar refractivity (Wildman–Crippen MR) is 82.5 cm³/mol. The van der Waals surface area contributed by atoms with E-state index in [1.807, 2.05) is 13.0 Å². The van der Waals surface area contributed by atoms with Crippen molar-refractivity contribution in [1.29, 1.82) is 0 Å². The van der Waals surface area contributed by atoms with Gasteiger partial charge in [0.25, 0.3) is 5.91 Å². The quantitative estimate of drug-likeness (QED) is 0.877. The van der Waals surface area contributed by atoms with Crippen LogP contribution in [0.25, 0.3) is 0 Å². The zero-order valence-corrected chi connectivity index (χ0v) is 12.9. The summed E-state index contributed by atoms with van der Waals surface area (Å²) in [7, 11) is 0. The van der Waals surface area contributed by atoms with Crippen molar-refractivity contribution < 1.29 is 14.6 Å². The van der Waals surface area contributed by atoms with E-state index in [1.54, 1.807) is 18.2 Å². The number of hydrogen-bond donors (Lipinski definition) is 2. The number of amides is 1. The SMILES string of the molecule is CCNC(=O)c1cccc(OCC2(O)CCC(C)CC2)c1. The van der Waals surface area contributed by atoms with Crippen LogP contribution in [0.5, 0.6) is 5.75 Å². The molecule has 0 spiro atoms. The van der Waals surface area contributed by atoms with Crippen LogP contribution in [0.1, 0.15) is 49.9 Å². The summed E-state index contributed by atoms with van der Waals surface area (Å²) in [5.41, 5.74) is -0.146. The maximum atomic E-state index is 11.8. The van der Waals surface area contributed by atoms with E-state index in [9.17, 15) is 9.90 Å². The monoisotopic (exact) mass is 291 g/mol. The van der Waals surface area contributed by atoms with Gasteiger partial charge in [0.15, 0.2) is 0 Å². The summed E-state index contributed by atoms with van der Waals surface area (Å²) in [5, 5.41) is 13.3. The minimum atomic E-state index is -0.728. The summed E-state index contributed by atoms with van der Waals surface area (Å²) in [5.74, 6) is 1.21. The number of nitrogens with one attached hydrogen (secondary N) is 1. The fraction of sp³-hybridized carbons (Fsp3) is 0.588. The normalized spacial score (nSPS) is 25.4. The molecule has 1 amide bonds. The van der Waals surface area contributed by atoms with Crippen molar-refractivity contribution in [3.8, 4) is 5.75 Å². The smallest absolute Gasteiger partial charge is 0.251 e. The average molecular weight is 291 g/mol. The summed E-state index contributed by atoms with van der Waals surface area (Å²) >= 11 is 0. The lowest BCUT2D eigenvalue weighted by atomic mass is 9.80. The third kappa shape index (κ3) is 4.46. The molecule has 1 aromatic carbocycles. The van der Waals surface area contributed by atoms with Crippen LogP contribution >= 0.6 is 0 Å². The zero-order chi connectivity index (χ0) is 15.3. The molecule has 2 rings (SSSR count). The third-order valence-electron chi connectivity index (χ3n) is 4.15. The average Bonchev–Trinajstić information content (AvgIpc) is 2.49. The molecule has 0 saturated heterocycles. The second-order valence-electron chi connectivity index (χ2n) is 6.08. The number of hydrogen-bond acceptors (Lipinski definition) is 3. The standard InChI is InChI=1S/C17H25NO3/c1-3-18-16(19)14-5-4-6-15(11-14)21-12-17(20)9-7-13(2)8-10-17/h4-6,11,13,20H,3,7-10,12H2,1-2H3,(H,18,19). The molecule has 0 bridgehead atoms. The van der Waals surface area contributed by atoms with Crippen molar-refractivity contribution in [3.63, 3.8) is 0 Å². The van der Waals surface area contributed by atoms with Gasteiger partial charge in [0.2, 0.25) is 0 Å². The molecule has 0 aliphatic heterocycles. The summed E-state index contributed by atoms with van der Waals surface area (Å²) in [4.78, 5) is 11.8. The number of aliphatic hydroxyl groups is 1. The predicted octanol–water partition coefficient (Wildman–Crippen LogP) is 2.76. The Morgan fingerprint density at radius 1 is 1.43 bits per heavy atom. The Balaban J connectivity index is 1.94. The van der Waals surface area contributed by atoms with Crippen LogP contribution in [0.4, 0.5) is 0 Å². The molecule has 0 unspecified atom stereocenters. The van der Waals surface area contributed by atoms with Gasteiger partial charge in [-0.05, 0) is 56.7 Å². The van der Waals surface area contributed by atoms with Gasteiger partial charge < -0.3 is 15.2 Å². The molecule has 2 N–H and O–H groups in total. The Kier molecular flexibility index (Phi) is 5.23. The molecule has 1 saturated carbocycles. The molecule has 0 heterocycles. The third-order valence-corrected chi connectivity index (χ3v) is 4.15. The molecular weight excluding hydrogens is 266 g/mol. The van der Waals surface area contributed by atoms with E-state index in [4.69, 9.17) is 4.74 Å². The van der Waals surface area contributed by atoms with Gasteiger partial charge in [0.05, 0.1) is 5.60 Å². The molecule has 1 aromatic rings. The summed E-state index contributed by atoms with van der Waals surface area (Å²) < 4.78 is 5.72. The number of benzene rings is 1. The number of ether oxygens (including phenoxy) is 1. The van der Waals surface area contributed by atoms with E-state index in [1.165, 1.54) is 0 Å². The van der Waals surface area contributed by atoms with Gasteiger partial charge in [-0.15, -0.1) is 0 Å². The highest BCUT2D eigenvalue weighted by Gasteiger charge is 2.32. The van der Waals surface area contributed by atoms with Gasteiger partial charge in [-0.2, -0.15) is 0 Å². The van der Waals surface area contributed by atoms with E-state index in [2.05, 4.69) is 12.2 Å². The Bertz CT molecular complexity index is 479. The largest absolute Gasteiger partial charge is 0.491 e. The molecule has 4 nitrogen and oxygen atoms in total. The lowest BCUT2D eigenvalue weighted by molar-refractivity contribution is -0.0424. The van der Waals surface area contributed by atoms with Gasteiger partial charge >= 0.3 is 0 Å². The van der Waals surface area contributed by atoms with Crippen LogP contribution < -0.4 is 10.1 Å². The van der Waals surface area contributed by atoms with Crippen molar-refractivity contribution in [1.82, 2.24) is 5.32 Å². The number of rotatable bonds is 5. The Hall–Kier alpha value is -1.55. The lowest BCUT2D eigenvalue weighted by Gasteiger charge is -2.34. The Morgan fingerprint density at radius 2 is 2.14 bits per heavy atom. The first-order valence-corrected chi connectivity index (χ1v) is 7.76. The molecule has 21 heavy (non-hydrogen) atoms. The fourth-order valence-corrected chi connectivity index (χ4v) is 2.65. The Labute approximate surface area is 126 Å². The maximum absolute atomic E-state index is 11.8. The first kappa shape index (κ1) is 15.8. The van der Waals surface area contributed by atoms with E-state index >= 15 is 0 Å². The zero-order valence-electron chi connectivity index (χ0n) is 12.9. The molecule has 1 fully saturated rings. The lowest BCUT2D eigenvalue weighted by Crippen LogP contribution is -2.39. The summed E-state index contributed by atoms with van der Waals surface area (Å²) in [6.07, 6.45) is 3.64. The first-order chi connectivity index (χ1) is 10.0. The second kappa shape index (κ2) is 6.94. The van der Waals surface area contributed by atoms with Gasteiger partial charge in [0, 0.05) is 12.1 Å². The van der Waals surface area contributed by atoms with Crippen LogP contribution in [-0.4, -0.2) is 29.8 Å². The minimum Gasteiger partial charge on any atom is -0.491 e. The van der Waals surface area contributed by atoms with Crippen molar-refractivity contribution in [3.05, 3.63) is 29.8 Å². The topological polar surface area (TPSA) is 58.6 Å². The van der Waals surface area contributed by atoms with Crippen molar-refractivity contribution in [2.24, 2.45) is 5.92 Å². The van der Waals surface area contributed by atoms with Gasteiger partial charge in [-0.1, -0.05) is 13.0 Å². The molecule has 0 atom stereocenters. The van der Waals surface area contributed by atoms with Crippen LogP contribution in [0.3, 0.4) is 0 Å². The van der Waals surface area contributed by atoms with Gasteiger partial charge in [-0.3, -0.25) is 4.79 Å². The molecule has 1 aliphatic rings. The highest BCUT2D eigenvalue weighted by molar-refractivity contribution is 5.94. The summed E-state index contributed by atoms with van der Waals surface area (Å²) in [6.45, 7) is 4.99. The van der Waals surface area contributed by atoms with Crippen LogP contribution in [0.2, 0.25) is 0 Å².